The molecule has 0 fully saturated rings. The van der Waals surface area contributed by atoms with Crippen molar-refractivity contribution < 1.29 is 0 Å². The lowest BCUT2D eigenvalue weighted by Crippen LogP contribution is -2.19. The fourth-order valence-electron chi connectivity index (χ4n) is 3.66. The van der Waals surface area contributed by atoms with Crippen molar-refractivity contribution in [1.82, 2.24) is 20.2 Å². The van der Waals surface area contributed by atoms with Crippen LogP contribution in [0, 0.1) is 5.41 Å². The Kier molecular flexibility index (Phi) is 4.47. The molecule has 6 nitrogen and oxygen atoms in total. The monoisotopic (exact) mass is 372 g/mol. The van der Waals surface area contributed by atoms with E-state index in [1.165, 1.54) is 5.56 Å². The van der Waals surface area contributed by atoms with Gasteiger partial charge in [0.2, 0.25) is 5.95 Å². The van der Waals surface area contributed by atoms with Gasteiger partial charge in [0.1, 0.15) is 0 Å². The number of anilines is 2. The molecule has 0 atom stereocenters. The van der Waals surface area contributed by atoms with Crippen LogP contribution in [0.3, 0.4) is 0 Å². The van der Waals surface area contributed by atoms with Gasteiger partial charge in [-0.15, -0.1) is 0 Å². The number of nitrogens with zero attached hydrogens (tertiary/aromatic N) is 3. The molecule has 4 rings (SSSR count). The maximum absolute atomic E-state index is 6.02. The minimum absolute atomic E-state index is 0.0429. The zero-order chi connectivity index (χ0) is 19.7. The number of nitrogens with two attached hydrogens (primary N) is 2. The van der Waals surface area contributed by atoms with Crippen molar-refractivity contribution in [3.05, 3.63) is 65.9 Å². The van der Waals surface area contributed by atoms with Crippen molar-refractivity contribution in [2.45, 2.75) is 26.7 Å². The summed E-state index contributed by atoms with van der Waals surface area (Å²) in [6.07, 6.45) is 1.77. The summed E-state index contributed by atoms with van der Waals surface area (Å²) in [5.74, 6) is 0.777. The van der Waals surface area contributed by atoms with E-state index in [0.29, 0.717) is 5.82 Å². The highest BCUT2D eigenvalue weighted by atomic mass is 15.1. The first-order chi connectivity index (χ1) is 13.4. The quantitative estimate of drug-likeness (QED) is 0.491. The number of hydrogen-bond acceptors (Lipinski definition) is 5. The fourth-order valence-corrected chi connectivity index (χ4v) is 3.66. The van der Waals surface area contributed by atoms with Gasteiger partial charge in [0.25, 0.3) is 0 Å². The molecule has 0 aliphatic rings. The van der Waals surface area contributed by atoms with Crippen LogP contribution in [0.15, 0.2) is 54.6 Å². The minimum Gasteiger partial charge on any atom is -0.382 e. The van der Waals surface area contributed by atoms with Gasteiger partial charge in [-0.3, -0.25) is 5.10 Å². The maximum atomic E-state index is 6.02. The van der Waals surface area contributed by atoms with Gasteiger partial charge in [-0.2, -0.15) is 5.10 Å². The molecule has 0 aliphatic heterocycles. The first kappa shape index (κ1) is 18.0. The van der Waals surface area contributed by atoms with Gasteiger partial charge < -0.3 is 11.5 Å². The van der Waals surface area contributed by atoms with Crippen LogP contribution in [-0.4, -0.2) is 20.2 Å². The van der Waals surface area contributed by atoms with Gasteiger partial charge in [0, 0.05) is 16.6 Å². The van der Waals surface area contributed by atoms with Crippen LogP contribution in [-0.2, 0) is 12.8 Å². The van der Waals surface area contributed by atoms with Gasteiger partial charge in [-0.05, 0) is 42.0 Å². The third-order valence-electron chi connectivity index (χ3n) is 4.87. The van der Waals surface area contributed by atoms with Crippen LogP contribution in [0.2, 0.25) is 0 Å². The van der Waals surface area contributed by atoms with Crippen molar-refractivity contribution in [2.24, 2.45) is 5.41 Å². The second-order valence-corrected chi connectivity index (χ2v) is 7.98. The van der Waals surface area contributed by atoms with E-state index >= 15 is 0 Å². The topological polar surface area (TPSA) is 106 Å². The Balaban J connectivity index is 1.62. The zero-order valence-corrected chi connectivity index (χ0v) is 16.1. The summed E-state index contributed by atoms with van der Waals surface area (Å²) in [6, 6.07) is 18.4. The zero-order valence-electron chi connectivity index (χ0n) is 16.1. The Hall–Kier alpha value is -3.41. The van der Waals surface area contributed by atoms with E-state index < -0.39 is 0 Å². The molecule has 2 aromatic carbocycles. The standard InChI is InChI=1S/C22H24N6/c1-22(2,12-14-6-4-3-5-7-14)13-16-11-18(26-21(24)25-16)15-8-9-17-19(10-15)27-28-20(17)23/h3-11H,12-13H2,1-2H3,(H3,23,27,28)(H2,24,25,26). The molecule has 0 unspecified atom stereocenters. The van der Waals surface area contributed by atoms with Crippen LogP contribution < -0.4 is 11.5 Å². The van der Waals surface area contributed by atoms with Crippen molar-refractivity contribution in [2.75, 3.05) is 11.5 Å². The van der Waals surface area contributed by atoms with Gasteiger partial charge in [-0.25, -0.2) is 9.97 Å². The number of benzene rings is 2. The average molecular weight is 372 g/mol. The summed E-state index contributed by atoms with van der Waals surface area (Å²) in [4.78, 5) is 8.91. The molecule has 142 valence electrons. The van der Waals surface area contributed by atoms with Crippen LogP contribution in [0.1, 0.15) is 25.1 Å². The number of hydrogen-bond donors (Lipinski definition) is 3. The van der Waals surface area contributed by atoms with Crippen LogP contribution in [0.25, 0.3) is 22.2 Å². The van der Waals surface area contributed by atoms with Crippen molar-refractivity contribution in [1.29, 1.82) is 0 Å². The first-order valence-corrected chi connectivity index (χ1v) is 9.31. The Morgan fingerprint density at radius 3 is 2.50 bits per heavy atom. The lowest BCUT2D eigenvalue weighted by Gasteiger charge is -2.24. The number of aromatic nitrogens is 4. The number of fused-ring (bicyclic) bond motifs is 1. The van der Waals surface area contributed by atoms with E-state index in [0.717, 1.165) is 40.7 Å². The lowest BCUT2D eigenvalue weighted by molar-refractivity contribution is 0.357. The van der Waals surface area contributed by atoms with Crippen LogP contribution in [0.5, 0.6) is 0 Å². The number of H-pyrrole nitrogens is 1. The Bertz CT molecular complexity index is 1110. The summed E-state index contributed by atoms with van der Waals surface area (Å²) < 4.78 is 0. The molecular formula is C22H24N6. The Morgan fingerprint density at radius 2 is 1.71 bits per heavy atom. The van der Waals surface area contributed by atoms with Gasteiger partial charge in [0.05, 0.1) is 11.2 Å². The van der Waals surface area contributed by atoms with Crippen molar-refractivity contribution >= 4 is 22.7 Å². The van der Waals surface area contributed by atoms with Crippen LogP contribution >= 0.6 is 0 Å². The second kappa shape index (κ2) is 6.96. The SMILES string of the molecule is CC(C)(Cc1ccccc1)Cc1cc(-c2ccc3c(N)n[nH]c3c2)nc(N)n1. The summed E-state index contributed by atoms with van der Waals surface area (Å²) in [5.41, 5.74) is 16.8. The van der Waals surface area contributed by atoms with Gasteiger partial charge >= 0.3 is 0 Å². The second-order valence-electron chi connectivity index (χ2n) is 7.98. The molecule has 2 aromatic heterocycles. The molecule has 0 bridgehead atoms. The molecule has 4 aromatic rings. The number of nitrogen functional groups attached to an aromatic ring is 2. The molecule has 5 N–H and O–H groups in total. The summed E-state index contributed by atoms with van der Waals surface area (Å²) in [6.45, 7) is 4.49. The lowest BCUT2D eigenvalue weighted by atomic mass is 9.81. The third-order valence-corrected chi connectivity index (χ3v) is 4.87. The molecule has 0 amide bonds. The average Bonchev–Trinajstić information content (AvgIpc) is 3.01. The number of nitrogens with one attached hydrogen (secondary N) is 1. The minimum atomic E-state index is 0.0429. The maximum Gasteiger partial charge on any atom is 0.220 e. The van der Waals surface area contributed by atoms with E-state index in [-0.39, 0.29) is 11.4 Å². The highest BCUT2D eigenvalue weighted by molar-refractivity contribution is 5.91. The van der Waals surface area contributed by atoms with E-state index in [1.807, 2.05) is 30.3 Å². The molecular weight excluding hydrogens is 348 g/mol. The normalized spacial score (nSPS) is 11.8. The van der Waals surface area contributed by atoms with E-state index in [4.69, 9.17) is 11.5 Å². The summed E-state index contributed by atoms with van der Waals surface area (Å²) >= 11 is 0. The first-order valence-electron chi connectivity index (χ1n) is 9.31. The molecule has 0 aliphatic carbocycles. The third kappa shape index (κ3) is 3.81. The smallest absolute Gasteiger partial charge is 0.220 e. The summed E-state index contributed by atoms with van der Waals surface area (Å²) in [7, 11) is 0. The van der Waals surface area contributed by atoms with Crippen LogP contribution in [0.4, 0.5) is 11.8 Å². The van der Waals surface area contributed by atoms with E-state index in [9.17, 15) is 0 Å². The van der Waals surface area contributed by atoms with E-state index in [2.05, 4.69) is 58.3 Å². The molecule has 2 heterocycles. The van der Waals surface area contributed by atoms with Crippen molar-refractivity contribution in [3.8, 4) is 11.3 Å². The molecule has 28 heavy (non-hydrogen) atoms. The molecule has 0 spiro atoms. The predicted octanol–water partition coefficient (Wildman–Crippen LogP) is 4.00. The van der Waals surface area contributed by atoms with Crippen molar-refractivity contribution in [3.63, 3.8) is 0 Å². The molecule has 0 radical (unpaired) electrons. The Labute approximate surface area is 164 Å². The Morgan fingerprint density at radius 1 is 0.929 bits per heavy atom. The summed E-state index contributed by atoms with van der Waals surface area (Å²) in [5, 5.41) is 7.89. The molecule has 0 saturated heterocycles. The predicted molar refractivity (Wildman–Crippen MR) is 114 cm³/mol. The van der Waals surface area contributed by atoms with Gasteiger partial charge in [-0.1, -0.05) is 50.2 Å². The van der Waals surface area contributed by atoms with E-state index in [1.54, 1.807) is 0 Å². The number of rotatable bonds is 5. The largest absolute Gasteiger partial charge is 0.382 e. The van der Waals surface area contributed by atoms with Gasteiger partial charge in [0.15, 0.2) is 5.82 Å². The molecule has 6 heteroatoms. The molecule has 0 saturated carbocycles. The highest BCUT2D eigenvalue weighted by Gasteiger charge is 2.21. The fraction of sp³-hybridized carbons (Fsp3) is 0.227. The number of aromatic amines is 1. The highest BCUT2D eigenvalue weighted by Crippen LogP contribution is 2.29.